The van der Waals surface area contributed by atoms with Crippen molar-refractivity contribution in [1.82, 2.24) is 23.7 Å². The summed E-state index contributed by atoms with van der Waals surface area (Å²) >= 11 is 0. The van der Waals surface area contributed by atoms with Crippen LogP contribution >= 0.6 is 0 Å². The van der Waals surface area contributed by atoms with E-state index in [0.717, 1.165) is 122 Å². The van der Waals surface area contributed by atoms with Gasteiger partial charge < -0.3 is 18.6 Å². The third-order valence-electron chi connectivity index (χ3n) is 17.1. The van der Waals surface area contributed by atoms with E-state index in [1.807, 2.05) is 0 Å². The van der Waals surface area contributed by atoms with Crippen LogP contribution in [0.3, 0.4) is 0 Å². The van der Waals surface area contributed by atoms with E-state index in [4.69, 9.17) is 9.97 Å². The Bertz CT molecular complexity index is 5450. The van der Waals surface area contributed by atoms with Crippen molar-refractivity contribution in [3.63, 3.8) is 0 Å². The Kier molecular flexibility index (Phi) is 12.0. The van der Waals surface area contributed by atoms with Gasteiger partial charge in [-0.15, -0.1) is 0 Å². The van der Waals surface area contributed by atoms with Crippen molar-refractivity contribution in [1.29, 1.82) is 0 Å². The molecule has 0 aliphatic rings. The third-order valence-corrected chi connectivity index (χ3v) is 17.1. The molecule has 0 N–H and O–H groups in total. The molecule has 4 heterocycles. The lowest BCUT2D eigenvalue weighted by molar-refractivity contribution is 1.08. The number of anilines is 9. The van der Waals surface area contributed by atoms with Crippen LogP contribution in [0.5, 0.6) is 0 Å². The summed E-state index contributed by atoms with van der Waals surface area (Å²) in [5.41, 5.74) is 17.6. The average molecular weight is 1130 g/mol. The van der Waals surface area contributed by atoms with Crippen LogP contribution in [0.1, 0.15) is 0 Å². The molecule has 0 saturated carbocycles. The Morgan fingerprint density at radius 3 is 1.02 bits per heavy atom. The van der Waals surface area contributed by atoms with Gasteiger partial charge in [-0.3, -0.25) is 9.80 Å². The summed E-state index contributed by atoms with van der Waals surface area (Å²) in [6.45, 7) is 0. The average Bonchev–Trinajstić information content (AvgIpc) is 2.29. The molecule has 0 atom stereocenters. The molecule has 13 aromatic carbocycles. The molecule has 0 amide bonds. The number of para-hydroxylation sites is 9. The molecule has 4 aromatic heterocycles. The quantitative estimate of drug-likeness (QED) is 0.122. The topological polar surface area (TPSA) is 50.3 Å². The Balaban J connectivity index is 0.929. The van der Waals surface area contributed by atoms with E-state index in [1.54, 1.807) is 0 Å². The zero-order valence-electron chi connectivity index (χ0n) is 47.8. The van der Waals surface area contributed by atoms with Crippen LogP contribution in [0, 0.1) is 0 Å². The van der Waals surface area contributed by atoms with Crippen LogP contribution in [0.15, 0.2) is 328 Å². The standard InChI is InChI=1S/C80H54N8/c1-7-25-55(26-8-1)83(62-45-49-76-69(51-62)66-38-20-23-41-74(66)86(76)58-31-13-4-14-32-58)61-44-48-72-71(53-61)79(84(56-27-9-2-10-28-56)63-46-50-77-70(52-63)67-39-21-24-42-75(67)87(77)59-33-15-5-16-34-59)82-80(81-72)85(57-29-11-3-12-30-57)64-43-47-68-65-37-19-22-40-73(65)88(78(68)54-64)60-35-17-6-18-36-60/h1-54H. The summed E-state index contributed by atoms with van der Waals surface area (Å²) in [6.07, 6.45) is 0. The minimum absolute atomic E-state index is 0.519. The first-order chi connectivity index (χ1) is 43.7. The minimum atomic E-state index is 0.519. The monoisotopic (exact) mass is 1130 g/mol. The summed E-state index contributed by atoms with van der Waals surface area (Å²) in [7, 11) is 0. The first-order valence-corrected chi connectivity index (χ1v) is 29.8. The van der Waals surface area contributed by atoms with Crippen LogP contribution in [-0.2, 0) is 0 Å². The number of hydrogen-bond acceptors (Lipinski definition) is 5. The largest absolute Gasteiger partial charge is 0.310 e. The van der Waals surface area contributed by atoms with Gasteiger partial charge in [0.15, 0.2) is 5.82 Å². The Hall–Kier alpha value is -12.0. The highest BCUT2D eigenvalue weighted by molar-refractivity contribution is 6.14. The zero-order chi connectivity index (χ0) is 58.1. The summed E-state index contributed by atoms with van der Waals surface area (Å²) in [5.74, 6) is 1.24. The van der Waals surface area contributed by atoms with Crippen molar-refractivity contribution in [2.24, 2.45) is 0 Å². The second kappa shape index (κ2) is 21.0. The zero-order valence-corrected chi connectivity index (χ0v) is 47.8. The van der Waals surface area contributed by atoms with E-state index in [9.17, 15) is 0 Å². The summed E-state index contributed by atoms with van der Waals surface area (Å²) < 4.78 is 7.10. The van der Waals surface area contributed by atoms with Crippen molar-refractivity contribution >= 4 is 128 Å². The molecule has 414 valence electrons. The van der Waals surface area contributed by atoms with Crippen LogP contribution in [0.25, 0.3) is 93.4 Å². The molecule has 0 saturated heterocycles. The van der Waals surface area contributed by atoms with Gasteiger partial charge in [0, 0.05) is 88.9 Å². The molecule has 88 heavy (non-hydrogen) atoms. The summed E-state index contributed by atoms with van der Waals surface area (Å²) in [4.78, 5) is 18.6. The van der Waals surface area contributed by atoms with Crippen LogP contribution in [0.4, 0.5) is 51.6 Å². The van der Waals surface area contributed by atoms with E-state index in [2.05, 4.69) is 356 Å². The van der Waals surface area contributed by atoms with Crippen molar-refractivity contribution in [2.45, 2.75) is 0 Å². The highest BCUT2D eigenvalue weighted by atomic mass is 15.3. The van der Waals surface area contributed by atoms with E-state index in [1.165, 1.54) is 10.8 Å². The maximum absolute atomic E-state index is 5.97. The normalized spacial score (nSPS) is 11.6. The minimum Gasteiger partial charge on any atom is -0.310 e. The molecule has 17 rings (SSSR count). The van der Waals surface area contributed by atoms with Gasteiger partial charge in [-0.1, -0.05) is 170 Å². The Morgan fingerprint density at radius 2 is 0.534 bits per heavy atom. The molecule has 0 fully saturated rings. The maximum Gasteiger partial charge on any atom is 0.237 e. The van der Waals surface area contributed by atoms with E-state index in [0.29, 0.717) is 11.8 Å². The SMILES string of the molecule is c1ccc(N(c2ccc3nc(N(c4ccccc4)c4ccc5c6ccccc6n(-c6ccccc6)c5c4)nc(N(c4ccccc4)c4ccc5c(c4)c4ccccc4n5-c4ccccc4)c3c2)c2ccc3c(c2)c2ccccc2n3-c2ccccc2)cc1. The molecule has 0 aliphatic heterocycles. The van der Waals surface area contributed by atoms with Crippen molar-refractivity contribution in [3.05, 3.63) is 328 Å². The van der Waals surface area contributed by atoms with E-state index < -0.39 is 0 Å². The maximum atomic E-state index is 5.97. The Morgan fingerprint density at radius 1 is 0.205 bits per heavy atom. The van der Waals surface area contributed by atoms with Gasteiger partial charge in [-0.2, -0.15) is 4.98 Å². The molecular formula is C80H54N8. The van der Waals surface area contributed by atoms with Gasteiger partial charge in [0.2, 0.25) is 5.95 Å². The fraction of sp³-hybridized carbons (Fsp3) is 0. The molecular weight excluding hydrogens is 1070 g/mol. The molecule has 0 radical (unpaired) electrons. The van der Waals surface area contributed by atoms with Gasteiger partial charge >= 0.3 is 0 Å². The van der Waals surface area contributed by atoms with Crippen molar-refractivity contribution < 1.29 is 0 Å². The number of rotatable bonds is 12. The predicted molar refractivity (Wildman–Crippen MR) is 367 cm³/mol. The number of fused-ring (bicyclic) bond motifs is 10. The van der Waals surface area contributed by atoms with Gasteiger partial charge in [-0.05, 0) is 158 Å². The second-order valence-corrected chi connectivity index (χ2v) is 22.2. The first kappa shape index (κ1) is 50.5. The van der Waals surface area contributed by atoms with Gasteiger partial charge in [0.05, 0.1) is 44.3 Å². The predicted octanol–water partition coefficient (Wildman–Crippen LogP) is 21.3. The highest BCUT2D eigenvalue weighted by Gasteiger charge is 2.27. The fourth-order valence-electron chi connectivity index (χ4n) is 13.3. The van der Waals surface area contributed by atoms with Crippen molar-refractivity contribution in [3.8, 4) is 17.1 Å². The lowest BCUT2D eigenvalue weighted by atomic mass is 10.1. The molecule has 17 aromatic rings. The van der Waals surface area contributed by atoms with Crippen LogP contribution in [-0.4, -0.2) is 23.7 Å². The first-order valence-electron chi connectivity index (χ1n) is 29.8. The number of hydrogen-bond donors (Lipinski definition) is 0. The van der Waals surface area contributed by atoms with E-state index >= 15 is 0 Å². The number of nitrogens with zero attached hydrogens (tertiary/aromatic N) is 8. The molecule has 8 heteroatoms. The van der Waals surface area contributed by atoms with Crippen LogP contribution < -0.4 is 14.7 Å². The summed E-state index contributed by atoms with van der Waals surface area (Å²) in [6, 6.07) is 117. The van der Waals surface area contributed by atoms with Crippen LogP contribution in [0.2, 0.25) is 0 Å². The molecule has 0 spiro atoms. The van der Waals surface area contributed by atoms with Gasteiger partial charge in [0.25, 0.3) is 0 Å². The Labute approximate surface area is 508 Å². The van der Waals surface area contributed by atoms with Crippen molar-refractivity contribution in [2.75, 3.05) is 14.7 Å². The third kappa shape index (κ3) is 8.37. The highest BCUT2D eigenvalue weighted by Crippen LogP contribution is 2.47. The van der Waals surface area contributed by atoms with Gasteiger partial charge in [-0.25, -0.2) is 4.98 Å². The molecule has 0 bridgehead atoms. The lowest BCUT2D eigenvalue weighted by Gasteiger charge is -2.30. The molecule has 0 unspecified atom stereocenters. The smallest absolute Gasteiger partial charge is 0.237 e. The molecule has 8 nitrogen and oxygen atoms in total. The van der Waals surface area contributed by atoms with Gasteiger partial charge in [0.1, 0.15) is 0 Å². The summed E-state index contributed by atoms with van der Waals surface area (Å²) in [5, 5.41) is 7.85. The fourth-order valence-corrected chi connectivity index (χ4v) is 13.3. The molecule has 0 aliphatic carbocycles. The second-order valence-electron chi connectivity index (χ2n) is 22.2. The van der Waals surface area contributed by atoms with E-state index in [-0.39, 0.29) is 0 Å². The number of benzene rings is 13. The lowest BCUT2D eigenvalue weighted by Crippen LogP contribution is -2.18. The number of aromatic nitrogens is 5.